The van der Waals surface area contributed by atoms with Gasteiger partial charge in [-0.1, -0.05) is 121 Å². The van der Waals surface area contributed by atoms with Crippen LogP contribution in [0.15, 0.2) is 0 Å². The maximum atomic E-state index is 3.84. The molecule has 108 valence electrons. The highest BCUT2D eigenvalue weighted by atomic mass is 79.9. The molecule has 0 aromatic rings. The summed E-state index contributed by atoms with van der Waals surface area (Å²) in [5.74, 6) is 0. The Kier molecular flexibility index (Phi) is 10.3. The van der Waals surface area contributed by atoms with Crippen LogP contribution in [0.25, 0.3) is 0 Å². The normalized spacial score (nSPS) is 45.0. The molecule has 1 aliphatic rings. The van der Waals surface area contributed by atoms with E-state index in [-0.39, 0.29) is 0 Å². The topological polar surface area (TPSA) is 0 Å². The number of hydrogen-bond donors (Lipinski definition) is 0. The third-order valence-electron chi connectivity index (χ3n) is 3.31. The smallest absolute Gasteiger partial charge is 0.0418 e. The van der Waals surface area contributed by atoms with Gasteiger partial charge in [0.2, 0.25) is 0 Å². The first-order valence-electron chi connectivity index (χ1n) is 6.29. The zero-order valence-corrected chi connectivity index (χ0v) is 19.5. The number of alkyl halides is 6. The third kappa shape index (κ3) is 5.94. The van der Waals surface area contributed by atoms with E-state index in [0.29, 0.717) is 29.0 Å². The van der Waals surface area contributed by atoms with Gasteiger partial charge in [-0.15, -0.1) is 0 Å². The molecule has 0 radical (unpaired) electrons. The van der Waals surface area contributed by atoms with Crippen molar-refractivity contribution in [3.63, 3.8) is 0 Å². The molecule has 0 nitrogen and oxygen atoms in total. The van der Waals surface area contributed by atoms with E-state index in [0.717, 1.165) is 0 Å². The monoisotopic (exact) mass is 636 g/mol. The summed E-state index contributed by atoms with van der Waals surface area (Å²) in [6.07, 6.45) is 7.80. The van der Waals surface area contributed by atoms with Gasteiger partial charge < -0.3 is 0 Å². The average molecular weight is 642 g/mol. The van der Waals surface area contributed by atoms with Gasteiger partial charge in [0.1, 0.15) is 0 Å². The minimum atomic E-state index is 0.394. The van der Waals surface area contributed by atoms with Crippen LogP contribution in [0.3, 0.4) is 0 Å². The average Bonchev–Trinajstić information content (AvgIpc) is 2.37. The first-order valence-corrected chi connectivity index (χ1v) is 11.8. The second kappa shape index (κ2) is 9.81. The fourth-order valence-electron chi connectivity index (χ4n) is 2.10. The van der Waals surface area contributed by atoms with E-state index < -0.39 is 0 Å². The van der Waals surface area contributed by atoms with Crippen LogP contribution in [-0.2, 0) is 0 Å². The molecule has 0 aliphatic heterocycles. The predicted octanol–water partition coefficient (Wildman–Crippen LogP) is 6.92. The number of rotatable bonds is 0. The van der Waals surface area contributed by atoms with Crippen molar-refractivity contribution >= 4 is 95.6 Å². The van der Waals surface area contributed by atoms with E-state index in [4.69, 9.17) is 0 Å². The Hall–Kier alpha value is 2.88. The molecule has 0 saturated heterocycles. The largest absolute Gasteiger partial charge is 0.0878 e. The standard InChI is InChI=1S/C12H18Br6/c13-7-5-3-1-2-4-6-8(14)10(16)12(18)11(17)9(7)15/h7-12H,1-6H2/t7-,8-,9+,10+,11+,12+/m0/s1. The molecular formula is C12H18Br6. The molecule has 6 heteroatoms. The van der Waals surface area contributed by atoms with Gasteiger partial charge in [0.25, 0.3) is 0 Å². The predicted molar refractivity (Wildman–Crippen MR) is 104 cm³/mol. The molecule has 6 atom stereocenters. The van der Waals surface area contributed by atoms with Crippen molar-refractivity contribution in [1.29, 1.82) is 0 Å². The molecule has 0 aromatic heterocycles. The van der Waals surface area contributed by atoms with Crippen LogP contribution < -0.4 is 0 Å². The molecule has 0 bridgehead atoms. The van der Waals surface area contributed by atoms with Crippen LogP contribution in [0.1, 0.15) is 38.5 Å². The fourth-order valence-corrected chi connectivity index (χ4v) is 7.63. The minimum absolute atomic E-state index is 0.394. The van der Waals surface area contributed by atoms with Crippen LogP contribution in [0.2, 0.25) is 0 Å². The first kappa shape index (κ1) is 18.9. The van der Waals surface area contributed by atoms with Crippen molar-refractivity contribution < 1.29 is 0 Å². The van der Waals surface area contributed by atoms with Gasteiger partial charge in [-0.3, -0.25) is 0 Å². The summed E-state index contributed by atoms with van der Waals surface area (Å²) < 4.78 is 0. The van der Waals surface area contributed by atoms with Crippen molar-refractivity contribution in [2.75, 3.05) is 0 Å². The van der Waals surface area contributed by atoms with Gasteiger partial charge in [0.05, 0.1) is 0 Å². The lowest BCUT2D eigenvalue weighted by molar-refractivity contribution is 0.549. The molecule has 1 saturated carbocycles. The Balaban J connectivity index is 2.71. The highest BCUT2D eigenvalue weighted by molar-refractivity contribution is 9.15. The van der Waals surface area contributed by atoms with E-state index in [1.54, 1.807) is 0 Å². The maximum absolute atomic E-state index is 3.84. The van der Waals surface area contributed by atoms with E-state index in [2.05, 4.69) is 95.6 Å². The highest BCUT2D eigenvalue weighted by Gasteiger charge is 2.35. The zero-order valence-electron chi connectivity index (χ0n) is 9.97. The van der Waals surface area contributed by atoms with Crippen LogP contribution in [-0.4, -0.2) is 29.0 Å². The van der Waals surface area contributed by atoms with E-state index in [1.807, 2.05) is 0 Å². The Morgan fingerprint density at radius 3 is 1.11 bits per heavy atom. The lowest BCUT2D eigenvalue weighted by Crippen LogP contribution is -2.39. The van der Waals surface area contributed by atoms with Crippen LogP contribution >= 0.6 is 95.6 Å². The maximum Gasteiger partial charge on any atom is 0.0418 e. The highest BCUT2D eigenvalue weighted by Crippen LogP contribution is 2.37. The summed E-state index contributed by atoms with van der Waals surface area (Å²) in [7, 11) is 0. The minimum Gasteiger partial charge on any atom is -0.0878 e. The molecule has 0 N–H and O–H groups in total. The van der Waals surface area contributed by atoms with Gasteiger partial charge in [0.15, 0.2) is 0 Å². The van der Waals surface area contributed by atoms with Gasteiger partial charge in [0, 0.05) is 29.0 Å². The van der Waals surface area contributed by atoms with Gasteiger partial charge >= 0.3 is 0 Å². The molecule has 0 unspecified atom stereocenters. The Bertz CT molecular complexity index is 213. The second-order valence-electron chi connectivity index (χ2n) is 4.80. The summed E-state index contributed by atoms with van der Waals surface area (Å²) in [6, 6.07) is 0. The van der Waals surface area contributed by atoms with Gasteiger partial charge in [-0.25, -0.2) is 0 Å². The summed E-state index contributed by atoms with van der Waals surface area (Å²) in [6.45, 7) is 0. The lowest BCUT2D eigenvalue weighted by atomic mass is 10.0. The molecule has 0 spiro atoms. The van der Waals surface area contributed by atoms with Crippen LogP contribution in [0.5, 0.6) is 0 Å². The second-order valence-corrected chi connectivity index (χ2v) is 11.4. The van der Waals surface area contributed by atoms with Crippen molar-refractivity contribution in [3.8, 4) is 0 Å². The number of halogens is 6. The summed E-state index contributed by atoms with van der Waals surface area (Å²) in [5.41, 5.74) is 0. The van der Waals surface area contributed by atoms with E-state index >= 15 is 0 Å². The van der Waals surface area contributed by atoms with E-state index in [1.165, 1.54) is 38.5 Å². The first-order chi connectivity index (χ1) is 8.45. The third-order valence-corrected chi connectivity index (χ3v) is 13.6. The van der Waals surface area contributed by atoms with Gasteiger partial charge in [-0.2, -0.15) is 0 Å². The molecule has 0 heterocycles. The zero-order chi connectivity index (χ0) is 13.7. The Morgan fingerprint density at radius 1 is 0.444 bits per heavy atom. The molecule has 18 heavy (non-hydrogen) atoms. The lowest BCUT2D eigenvalue weighted by Gasteiger charge is -2.31. The Labute approximate surface area is 161 Å². The van der Waals surface area contributed by atoms with Crippen molar-refractivity contribution in [1.82, 2.24) is 0 Å². The summed E-state index contributed by atoms with van der Waals surface area (Å²) >= 11 is 23.0. The molecule has 0 aromatic carbocycles. The SMILES string of the molecule is Br[C@H]1[C@H](Br)[C@H](Br)[C@@H](Br)CCCCCC[C@H](Br)[C@H]1Br. The van der Waals surface area contributed by atoms with Crippen molar-refractivity contribution in [2.24, 2.45) is 0 Å². The fraction of sp³-hybridized carbons (Fsp3) is 1.00. The number of hydrogen-bond acceptors (Lipinski definition) is 0. The van der Waals surface area contributed by atoms with Crippen molar-refractivity contribution in [3.05, 3.63) is 0 Å². The quantitative estimate of drug-likeness (QED) is 0.252. The summed E-state index contributed by atoms with van der Waals surface area (Å²) in [4.78, 5) is 2.70. The molecule has 1 fully saturated rings. The van der Waals surface area contributed by atoms with Crippen LogP contribution in [0, 0.1) is 0 Å². The van der Waals surface area contributed by atoms with Crippen LogP contribution in [0.4, 0.5) is 0 Å². The van der Waals surface area contributed by atoms with E-state index in [9.17, 15) is 0 Å². The Morgan fingerprint density at radius 2 is 0.778 bits per heavy atom. The molecule has 0 amide bonds. The van der Waals surface area contributed by atoms with Gasteiger partial charge in [-0.05, 0) is 12.8 Å². The van der Waals surface area contributed by atoms with Crippen molar-refractivity contribution in [2.45, 2.75) is 67.5 Å². The molecule has 1 aliphatic carbocycles. The molecule has 1 rings (SSSR count). The summed E-state index contributed by atoms with van der Waals surface area (Å²) in [5, 5.41) is 0. The molecular weight excluding hydrogens is 624 g/mol.